The second kappa shape index (κ2) is 12.3. The van der Waals surface area contributed by atoms with Gasteiger partial charge in [0.15, 0.2) is 0 Å². The van der Waals surface area contributed by atoms with Gasteiger partial charge in [0.2, 0.25) is 0 Å². The summed E-state index contributed by atoms with van der Waals surface area (Å²) in [6.45, 7) is 0. The molecule has 9 heteroatoms. The van der Waals surface area contributed by atoms with Crippen molar-refractivity contribution in [2.24, 2.45) is 0 Å². The lowest BCUT2D eigenvalue weighted by Crippen LogP contribution is -2.11. The molecule has 2 heterocycles. The van der Waals surface area contributed by atoms with E-state index in [1.807, 2.05) is 18.2 Å². The number of ether oxygens (including phenoxy) is 2. The van der Waals surface area contributed by atoms with Gasteiger partial charge in [-0.1, -0.05) is 48.6 Å². The Kier molecular flexibility index (Phi) is 7.60. The van der Waals surface area contributed by atoms with Crippen molar-refractivity contribution in [1.82, 2.24) is 0 Å². The summed E-state index contributed by atoms with van der Waals surface area (Å²) in [5.74, 6) is -0.540. The van der Waals surface area contributed by atoms with E-state index in [-0.39, 0.29) is 40.2 Å². The number of aromatic hydroxyl groups is 7. The zero-order valence-corrected chi connectivity index (χ0v) is 26.9. The molecule has 0 saturated heterocycles. The normalized spacial score (nSPS) is 19.0. The van der Waals surface area contributed by atoms with Crippen LogP contribution in [-0.4, -0.2) is 35.7 Å². The first-order chi connectivity index (χ1) is 24.6. The highest BCUT2D eigenvalue weighted by Crippen LogP contribution is 2.58. The second-order valence-corrected chi connectivity index (χ2v) is 12.8. The summed E-state index contributed by atoms with van der Waals surface area (Å²) in [5, 5.41) is 73.8. The number of benzene rings is 6. The fourth-order valence-electron chi connectivity index (χ4n) is 7.18. The monoisotopic (exact) mass is 680 g/mol. The minimum atomic E-state index is -0.695. The predicted octanol–water partition coefficient (Wildman–Crippen LogP) is 8.33. The Morgan fingerprint density at radius 3 is 1.33 bits per heavy atom. The molecule has 254 valence electrons. The molecule has 0 spiro atoms. The van der Waals surface area contributed by atoms with Crippen LogP contribution >= 0.6 is 0 Å². The van der Waals surface area contributed by atoms with Crippen LogP contribution in [-0.2, 0) is 0 Å². The van der Waals surface area contributed by atoms with E-state index in [1.165, 1.54) is 30.3 Å². The molecule has 6 aromatic rings. The standard InChI is InChI=1S/C42H32O9/c43-28-9-3-22(4-10-28)1-2-23-15-33(48)39-35(16-23)50-42(25-7-13-30(45)14-8-25)38(39)27-19-34(49)40-36(20-27)51-41(24-5-11-29(44)12-6-24)37(40)26-17-31(46)21-32(47)18-26/h1-21,37-38,41-49H/b2-1+/t37-,38-,41+,42-/m1/s1. The summed E-state index contributed by atoms with van der Waals surface area (Å²) >= 11 is 0. The Balaban J connectivity index is 1.24. The van der Waals surface area contributed by atoms with Crippen LogP contribution in [0.2, 0.25) is 0 Å². The smallest absolute Gasteiger partial charge is 0.135 e. The van der Waals surface area contributed by atoms with E-state index in [2.05, 4.69) is 0 Å². The van der Waals surface area contributed by atoms with E-state index < -0.39 is 24.0 Å². The summed E-state index contributed by atoms with van der Waals surface area (Å²) in [6, 6.07) is 31.0. The number of fused-ring (bicyclic) bond motifs is 2. The van der Waals surface area contributed by atoms with Crippen molar-refractivity contribution in [3.63, 3.8) is 0 Å². The Labute approximate surface area is 292 Å². The lowest BCUT2D eigenvalue weighted by atomic mass is 9.81. The van der Waals surface area contributed by atoms with E-state index >= 15 is 0 Å². The highest BCUT2D eigenvalue weighted by molar-refractivity contribution is 5.73. The van der Waals surface area contributed by atoms with Crippen LogP contribution in [0, 0.1) is 0 Å². The van der Waals surface area contributed by atoms with Crippen LogP contribution < -0.4 is 9.47 Å². The van der Waals surface area contributed by atoms with E-state index in [4.69, 9.17) is 9.47 Å². The van der Waals surface area contributed by atoms with Crippen molar-refractivity contribution in [1.29, 1.82) is 0 Å². The van der Waals surface area contributed by atoms with Crippen molar-refractivity contribution in [3.05, 3.63) is 160 Å². The Morgan fingerprint density at radius 2 is 0.804 bits per heavy atom. The van der Waals surface area contributed by atoms with Crippen LogP contribution in [0.4, 0.5) is 0 Å². The highest BCUT2D eigenvalue weighted by Gasteiger charge is 2.43. The largest absolute Gasteiger partial charge is 0.508 e. The third kappa shape index (κ3) is 5.84. The van der Waals surface area contributed by atoms with Gasteiger partial charge in [0, 0.05) is 17.2 Å². The lowest BCUT2D eigenvalue weighted by molar-refractivity contribution is 0.218. The van der Waals surface area contributed by atoms with Gasteiger partial charge in [-0.25, -0.2) is 0 Å². The minimum Gasteiger partial charge on any atom is -0.508 e. The molecule has 2 aliphatic heterocycles. The van der Waals surface area contributed by atoms with Gasteiger partial charge in [-0.2, -0.15) is 0 Å². The van der Waals surface area contributed by atoms with Crippen molar-refractivity contribution in [3.8, 4) is 51.7 Å². The highest BCUT2D eigenvalue weighted by atomic mass is 16.5. The molecule has 0 radical (unpaired) electrons. The molecular formula is C42H32O9. The summed E-state index contributed by atoms with van der Waals surface area (Å²) < 4.78 is 13.1. The fourth-order valence-corrected chi connectivity index (χ4v) is 7.18. The molecule has 0 unspecified atom stereocenters. The van der Waals surface area contributed by atoms with Gasteiger partial charge >= 0.3 is 0 Å². The summed E-state index contributed by atoms with van der Waals surface area (Å²) in [4.78, 5) is 0. The van der Waals surface area contributed by atoms with Crippen LogP contribution in [0.1, 0.15) is 68.6 Å². The Bertz CT molecular complexity index is 2270. The van der Waals surface area contributed by atoms with Crippen LogP contribution in [0.15, 0.2) is 115 Å². The fraction of sp³-hybridized carbons (Fsp3) is 0.0952. The van der Waals surface area contributed by atoms with Crippen LogP contribution in [0.3, 0.4) is 0 Å². The molecule has 0 aliphatic carbocycles. The van der Waals surface area contributed by atoms with E-state index in [0.29, 0.717) is 44.9 Å². The van der Waals surface area contributed by atoms with Gasteiger partial charge in [0.25, 0.3) is 0 Å². The van der Waals surface area contributed by atoms with Crippen molar-refractivity contribution < 1.29 is 45.2 Å². The molecule has 0 fully saturated rings. The molecule has 4 atom stereocenters. The molecule has 0 bridgehead atoms. The quantitative estimate of drug-likeness (QED) is 0.0858. The molecule has 9 nitrogen and oxygen atoms in total. The number of rotatable bonds is 6. The SMILES string of the molecule is Oc1ccc(/C=C/c2cc(O)c3c(c2)O[C@H](c2ccc(O)cc2)[C@@H]3c2cc(O)c3c(c2)O[C@@H](c2ccc(O)cc2)[C@@H]3c2cc(O)cc(O)c2)cc1. The summed E-state index contributed by atoms with van der Waals surface area (Å²) in [7, 11) is 0. The van der Waals surface area contributed by atoms with Gasteiger partial charge in [0.1, 0.15) is 64.0 Å². The lowest BCUT2D eigenvalue weighted by Gasteiger charge is -2.22. The second-order valence-electron chi connectivity index (χ2n) is 12.8. The number of phenols is 7. The van der Waals surface area contributed by atoms with Crippen LogP contribution in [0.25, 0.3) is 12.2 Å². The number of hydrogen-bond donors (Lipinski definition) is 7. The summed E-state index contributed by atoms with van der Waals surface area (Å²) in [6.07, 6.45) is 2.33. The molecule has 0 saturated carbocycles. The molecule has 2 aliphatic rings. The maximum Gasteiger partial charge on any atom is 0.135 e. The molecular weight excluding hydrogens is 648 g/mol. The van der Waals surface area contributed by atoms with Crippen molar-refractivity contribution >= 4 is 12.2 Å². The Hall–Kier alpha value is -6.74. The van der Waals surface area contributed by atoms with Gasteiger partial charge in [-0.15, -0.1) is 0 Å². The van der Waals surface area contributed by atoms with E-state index in [1.54, 1.807) is 78.9 Å². The summed E-state index contributed by atoms with van der Waals surface area (Å²) in [5.41, 5.74) is 5.01. The van der Waals surface area contributed by atoms with Gasteiger partial charge in [-0.3, -0.25) is 0 Å². The molecule has 51 heavy (non-hydrogen) atoms. The zero-order chi connectivity index (χ0) is 35.4. The average molecular weight is 681 g/mol. The first-order valence-electron chi connectivity index (χ1n) is 16.3. The molecule has 8 rings (SSSR count). The van der Waals surface area contributed by atoms with Gasteiger partial charge < -0.3 is 45.2 Å². The third-order valence-electron chi connectivity index (χ3n) is 9.47. The molecule has 6 aromatic carbocycles. The first-order valence-corrected chi connectivity index (χ1v) is 16.3. The number of phenolic OH excluding ortho intramolecular Hbond substituents is 7. The maximum atomic E-state index is 11.8. The maximum absolute atomic E-state index is 11.8. The van der Waals surface area contributed by atoms with Crippen LogP contribution in [0.5, 0.6) is 51.7 Å². The van der Waals surface area contributed by atoms with E-state index in [9.17, 15) is 35.7 Å². The minimum absolute atomic E-state index is 0.0138. The zero-order valence-electron chi connectivity index (χ0n) is 26.9. The molecule has 0 amide bonds. The average Bonchev–Trinajstić information content (AvgIpc) is 3.68. The predicted molar refractivity (Wildman–Crippen MR) is 190 cm³/mol. The molecule has 0 aromatic heterocycles. The van der Waals surface area contributed by atoms with Gasteiger partial charge in [-0.05, 0) is 106 Å². The topological polar surface area (TPSA) is 160 Å². The third-order valence-corrected chi connectivity index (χ3v) is 9.47. The van der Waals surface area contributed by atoms with Gasteiger partial charge in [0.05, 0.1) is 11.8 Å². The molecule has 7 N–H and O–H groups in total. The van der Waals surface area contributed by atoms with Crippen molar-refractivity contribution in [2.45, 2.75) is 24.0 Å². The number of hydrogen-bond acceptors (Lipinski definition) is 9. The Morgan fingerprint density at radius 1 is 0.373 bits per heavy atom. The first kappa shape index (κ1) is 31.5. The van der Waals surface area contributed by atoms with E-state index in [0.717, 1.165) is 11.1 Å². The van der Waals surface area contributed by atoms with Crippen molar-refractivity contribution in [2.75, 3.05) is 0 Å².